The Kier molecular flexibility index (Phi) is 2.33. The van der Waals surface area contributed by atoms with E-state index in [0.717, 1.165) is 19.6 Å². The fourth-order valence-electron chi connectivity index (χ4n) is 1.32. The van der Waals surface area contributed by atoms with Crippen molar-refractivity contribution >= 4 is 0 Å². The lowest BCUT2D eigenvalue weighted by molar-refractivity contribution is 0.252. The Morgan fingerprint density at radius 3 is 2.70 bits per heavy atom. The number of hydrogen-bond acceptors (Lipinski definition) is 2. The molecule has 1 fully saturated rings. The first kappa shape index (κ1) is 7.61. The zero-order chi connectivity index (χ0) is 7.56. The van der Waals surface area contributed by atoms with E-state index in [-0.39, 0.29) is 0 Å². The summed E-state index contributed by atoms with van der Waals surface area (Å²) in [6, 6.07) is 0.606. The quantitative estimate of drug-likeness (QED) is 0.580. The summed E-state index contributed by atoms with van der Waals surface area (Å²) in [6.45, 7) is 11.5. The largest absolute Gasteiger partial charge is 0.371 e. The summed E-state index contributed by atoms with van der Waals surface area (Å²) in [6.07, 6.45) is 0. The summed E-state index contributed by atoms with van der Waals surface area (Å²) in [4.78, 5) is 2.34. The van der Waals surface area contributed by atoms with Crippen molar-refractivity contribution < 1.29 is 0 Å². The van der Waals surface area contributed by atoms with E-state index in [1.54, 1.807) is 0 Å². The normalized spacial score (nSPS) is 20.3. The van der Waals surface area contributed by atoms with Crippen LogP contribution in [0.2, 0.25) is 0 Å². The maximum absolute atomic E-state index is 3.98. The summed E-state index contributed by atoms with van der Waals surface area (Å²) in [5.41, 5.74) is 1.22. The van der Waals surface area contributed by atoms with Gasteiger partial charge in [-0.05, 0) is 13.8 Å². The Labute approximate surface area is 62.9 Å². The van der Waals surface area contributed by atoms with Crippen LogP contribution in [0.25, 0.3) is 0 Å². The molecule has 1 saturated heterocycles. The molecule has 0 bridgehead atoms. The Bertz CT molecular complexity index is 129. The highest BCUT2D eigenvalue weighted by Gasteiger charge is 2.14. The molecule has 1 aliphatic rings. The lowest BCUT2D eigenvalue weighted by Crippen LogP contribution is -2.44. The van der Waals surface area contributed by atoms with Crippen LogP contribution in [0.1, 0.15) is 13.8 Å². The van der Waals surface area contributed by atoms with Crippen molar-refractivity contribution in [3.05, 3.63) is 12.3 Å². The minimum Gasteiger partial charge on any atom is -0.371 e. The third-order valence-electron chi connectivity index (χ3n) is 1.89. The van der Waals surface area contributed by atoms with E-state index in [1.165, 1.54) is 5.70 Å². The molecule has 0 amide bonds. The number of piperazine rings is 1. The molecule has 0 aromatic rings. The molecule has 0 aromatic carbocycles. The third-order valence-corrected chi connectivity index (χ3v) is 1.89. The van der Waals surface area contributed by atoms with Crippen molar-refractivity contribution in [1.29, 1.82) is 0 Å². The molecule has 0 unspecified atom stereocenters. The predicted molar refractivity (Wildman–Crippen MR) is 43.9 cm³/mol. The van der Waals surface area contributed by atoms with Crippen LogP contribution < -0.4 is 5.32 Å². The van der Waals surface area contributed by atoms with Gasteiger partial charge in [-0.15, -0.1) is 0 Å². The van der Waals surface area contributed by atoms with Gasteiger partial charge in [-0.25, -0.2) is 0 Å². The van der Waals surface area contributed by atoms with Crippen molar-refractivity contribution in [3.63, 3.8) is 0 Å². The lowest BCUT2D eigenvalue weighted by Gasteiger charge is -2.34. The number of nitrogens with one attached hydrogen (secondary N) is 1. The van der Waals surface area contributed by atoms with Gasteiger partial charge >= 0.3 is 0 Å². The summed E-state index contributed by atoms with van der Waals surface area (Å²) in [5, 5.41) is 3.28. The molecule has 2 nitrogen and oxygen atoms in total. The first-order chi connectivity index (χ1) is 4.72. The van der Waals surface area contributed by atoms with Gasteiger partial charge in [0.05, 0.1) is 0 Å². The third kappa shape index (κ3) is 1.51. The molecule has 0 atom stereocenters. The minimum absolute atomic E-state index is 0.606. The molecule has 1 rings (SSSR count). The fourth-order valence-corrected chi connectivity index (χ4v) is 1.32. The molecule has 0 radical (unpaired) electrons. The van der Waals surface area contributed by atoms with Gasteiger partial charge in [-0.1, -0.05) is 6.58 Å². The SMILES string of the molecule is C=C1CNCCN1C(C)C. The van der Waals surface area contributed by atoms with E-state index < -0.39 is 0 Å². The van der Waals surface area contributed by atoms with Gasteiger partial charge < -0.3 is 10.2 Å². The van der Waals surface area contributed by atoms with Gasteiger partial charge in [0.1, 0.15) is 0 Å². The molecule has 0 spiro atoms. The zero-order valence-corrected chi connectivity index (χ0v) is 6.85. The van der Waals surface area contributed by atoms with Crippen LogP contribution in [0.5, 0.6) is 0 Å². The Morgan fingerprint density at radius 1 is 1.60 bits per heavy atom. The van der Waals surface area contributed by atoms with E-state index in [4.69, 9.17) is 0 Å². The predicted octanol–water partition coefficient (Wildman–Crippen LogP) is 0.814. The van der Waals surface area contributed by atoms with Gasteiger partial charge in [0, 0.05) is 31.4 Å². The standard InChI is InChI=1S/C8H16N2/c1-7(2)10-5-4-9-6-8(10)3/h7,9H,3-6H2,1-2H3. The van der Waals surface area contributed by atoms with Crippen LogP contribution in [0, 0.1) is 0 Å². The fraction of sp³-hybridized carbons (Fsp3) is 0.750. The Hall–Kier alpha value is -0.500. The van der Waals surface area contributed by atoms with Gasteiger partial charge in [0.25, 0.3) is 0 Å². The molecule has 1 N–H and O–H groups in total. The molecule has 1 aliphatic heterocycles. The van der Waals surface area contributed by atoms with Crippen molar-refractivity contribution in [3.8, 4) is 0 Å². The summed E-state index contributed by atoms with van der Waals surface area (Å²) < 4.78 is 0. The summed E-state index contributed by atoms with van der Waals surface area (Å²) >= 11 is 0. The highest BCUT2D eigenvalue weighted by molar-refractivity contribution is 5.00. The first-order valence-corrected chi connectivity index (χ1v) is 3.87. The Morgan fingerprint density at radius 2 is 2.30 bits per heavy atom. The van der Waals surface area contributed by atoms with Gasteiger partial charge in [-0.3, -0.25) is 0 Å². The molecule has 0 saturated carbocycles. The average Bonchev–Trinajstić information content (AvgIpc) is 1.88. The topological polar surface area (TPSA) is 15.3 Å². The molecule has 0 aromatic heterocycles. The summed E-state index contributed by atoms with van der Waals surface area (Å²) in [7, 11) is 0. The van der Waals surface area contributed by atoms with Crippen molar-refractivity contribution in [2.75, 3.05) is 19.6 Å². The van der Waals surface area contributed by atoms with Crippen LogP contribution in [0.3, 0.4) is 0 Å². The van der Waals surface area contributed by atoms with E-state index in [1.807, 2.05) is 0 Å². The molecule has 2 heteroatoms. The van der Waals surface area contributed by atoms with Gasteiger partial charge in [0.2, 0.25) is 0 Å². The number of hydrogen-bond donors (Lipinski definition) is 1. The van der Waals surface area contributed by atoms with Crippen LogP contribution >= 0.6 is 0 Å². The molecule has 1 heterocycles. The van der Waals surface area contributed by atoms with Crippen LogP contribution in [-0.2, 0) is 0 Å². The van der Waals surface area contributed by atoms with Crippen molar-refractivity contribution in [2.45, 2.75) is 19.9 Å². The number of nitrogens with zero attached hydrogens (tertiary/aromatic N) is 1. The van der Waals surface area contributed by atoms with Crippen molar-refractivity contribution in [2.24, 2.45) is 0 Å². The minimum atomic E-state index is 0.606. The van der Waals surface area contributed by atoms with E-state index >= 15 is 0 Å². The Balaban J connectivity index is 2.48. The highest BCUT2D eigenvalue weighted by atomic mass is 15.2. The molecular formula is C8H16N2. The van der Waals surface area contributed by atoms with Crippen LogP contribution in [-0.4, -0.2) is 30.6 Å². The maximum atomic E-state index is 3.98. The number of rotatable bonds is 1. The highest BCUT2D eigenvalue weighted by Crippen LogP contribution is 2.08. The monoisotopic (exact) mass is 140 g/mol. The van der Waals surface area contributed by atoms with E-state index in [9.17, 15) is 0 Å². The second-order valence-corrected chi connectivity index (χ2v) is 3.03. The van der Waals surface area contributed by atoms with E-state index in [0.29, 0.717) is 6.04 Å². The lowest BCUT2D eigenvalue weighted by atomic mass is 10.2. The van der Waals surface area contributed by atoms with E-state index in [2.05, 4.69) is 30.6 Å². The second-order valence-electron chi connectivity index (χ2n) is 3.03. The van der Waals surface area contributed by atoms with Gasteiger partial charge in [-0.2, -0.15) is 0 Å². The molecule has 10 heavy (non-hydrogen) atoms. The second kappa shape index (κ2) is 3.06. The van der Waals surface area contributed by atoms with Crippen LogP contribution in [0.4, 0.5) is 0 Å². The van der Waals surface area contributed by atoms with Crippen molar-refractivity contribution in [1.82, 2.24) is 10.2 Å². The molecule has 58 valence electrons. The zero-order valence-electron chi connectivity index (χ0n) is 6.85. The molecule has 0 aliphatic carbocycles. The van der Waals surface area contributed by atoms with Crippen LogP contribution in [0.15, 0.2) is 12.3 Å². The maximum Gasteiger partial charge on any atom is 0.0350 e. The summed E-state index contributed by atoms with van der Waals surface area (Å²) in [5.74, 6) is 0. The van der Waals surface area contributed by atoms with Gasteiger partial charge in [0.15, 0.2) is 0 Å². The average molecular weight is 140 g/mol. The molecular weight excluding hydrogens is 124 g/mol. The smallest absolute Gasteiger partial charge is 0.0350 e. The first-order valence-electron chi connectivity index (χ1n) is 3.87.